The number of fused-ring (bicyclic) bond motifs is 1. The lowest BCUT2D eigenvalue weighted by molar-refractivity contribution is -0.119. The summed E-state index contributed by atoms with van der Waals surface area (Å²) in [5, 5.41) is 7.87. The van der Waals surface area contributed by atoms with Crippen molar-refractivity contribution in [3.8, 4) is 0 Å². The van der Waals surface area contributed by atoms with Gasteiger partial charge in [-0.05, 0) is 55.0 Å². The second kappa shape index (κ2) is 8.49. The number of anilines is 2. The van der Waals surface area contributed by atoms with Gasteiger partial charge in [-0.2, -0.15) is 0 Å². The molecule has 0 atom stereocenters. The van der Waals surface area contributed by atoms with Crippen LogP contribution in [0.5, 0.6) is 0 Å². The molecule has 3 aromatic rings. The lowest BCUT2D eigenvalue weighted by atomic mass is 10.0. The average molecular weight is 403 g/mol. The van der Waals surface area contributed by atoms with Crippen LogP contribution in [-0.2, 0) is 4.79 Å². The number of amides is 2. The lowest BCUT2D eigenvalue weighted by Gasteiger charge is -2.34. The van der Waals surface area contributed by atoms with E-state index >= 15 is 0 Å². The van der Waals surface area contributed by atoms with E-state index in [1.165, 1.54) is 0 Å². The van der Waals surface area contributed by atoms with Crippen molar-refractivity contribution >= 4 is 34.2 Å². The van der Waals surface area contributed by atoms with E-state index in [-0.39, 0.29) is 17.9 Å². The van der Waals surface area contributed by atoms with Crippen molar-refractivity contribution in [2.45, 2.75) is 32.7 Å². The number of rotatable bonds is 4. The molecule has 0 bridgehead atoms. The summed E-state index contributed by atoms with van der Waals surface area (Å²) in [4.78, 5) is 35.1. The van der Waals surface area contributed by atoms with Gasteiger partial charge in [0.05, 0.1) is 0 Å². The molecule has 7 heteroatoms. The molecule has 1 aliphatic rings. The molecule has 2 aromatic heterocycles. The molecule has 1 aliphatic heterocycles. The largest absolute Gasteiger partial charge is 0.356 e. The van der Waals surface area contributed by atoms with Gasteiger partial charge in [0.25, 0.3) is 5.91 Å². The van der Waals surface area contributed by atoms with Gasteiger partial charge in [0.15, 0.2) is 0 Å². The van der Waals surface area contributed by atoms with E-state index in [0.717, 1.165) is 48.1 Å². The Hall–Kier alpha value is -3.48. The Bertz CT molecular complexity index is 1090. The van der Waals surface area contributed by atoms with Gasteiger partial charge in [0, 0.05) is 49.4 Å². The van der Waals surface area contributed by atoms with Gasteiger partial charge < -0.3 is 15.5 Å². The highest BCUT2D eigenvalue weighted by Gasteiger charge is 2.22. The Morgan fingerprint density at radius 2 is 1.87 bits per heavy atom. The maximum Gasteiger partial charge on any atom is 0.256 e. The zero-order valence-corrected chi connectivity index (χ0v) is 17.2. The molecule has 0 saturated carbocycles. The van der Waals surface area contributed by atoms with Crippen LogP contribution in [0.1, 0.15) is 35.7 Å². The fourth-order valence-corrected chi connectivity index (χ4v) is 3.84. The third-order valence-electron chi connectivity index (χ3n) is 5.42. The fraction of sp³-hybridized carbons (Fsp3) is 0.304. The van der Waals surface area contributed by atoms with E-state index in [4.69, 9.17) is 4.98 Å². The molecule has 2 N–H and O–H groups in total. The normalized spacial score (nSPS) is 14.5. The van der Waals surface area contributed by atoms with Gasteiger partial charge in [0.2, 0.25) is 5.91 Å². The molecular formula is C23H25N5O2. The first-order valence-electron chi connectivity index (χ1n) is 10.1. The van der Waals surface area contributed by atoms with Crippen molar-refractivity contribution in [1.82, 2.24) is 15.3 Å². The van der Waals surface area contributed by atoms with Gasteiger partial charge in [-0.15, -0.1) is 0 Å². The lowest BCUT2D eigenvalue weighted by Crippen LogP contribution is -2.44. The molecule has 1 saturated heterocycles. The van der Waals surface area contributed by atoms with E-state index in [2.05, 4.69) is 20.5 Å². The second-order valence-corrected chi connectivity index (χ2v) is 7.69. The number of pyridine rings is 2. The van der Waals surface area contributed by atoms with Gasteiger partial charge >= 0.3 is 0 Å². The van der Waals surface area contributed by atoms with E-state index in [1.807, 2.05) is 37.3 Å². The molecule has 1 fully saturated rings. The van der Waals surface area contributed by atoms with Crippen molar-refractivity contribution in [1.29, 1.82) is 0 Å². The molecule has 0 radical (unpaired) electrons. The molecule has 0 unspecified atom stereocenters. The Morgan fingerprint density at radius 1 is 1.07 bits per heavy atom. The highest BCUT2D eigenvalue weighted by molar-refractivity contribution is 6.06. The van der Waals surface area contributed by atoms with Crippen molar-refractivity contribution in [2.24, 2.45) is 0 Å². The van der Waals surface area contributed by atoms with Crippen LogP contribution in [0.3, 0.4) is 0 Å². The smallest absolute Gasteiger partial charge is 0.256 e. The summed E-state index contributed by atoms with van der Waals surface area (Å²) < 4.78 is 0. The van der Waals surface area contributed by atoms with Crippen LogP contribution >= 0.6 is 0 Å². The number of aryl methyl sites for hydroxylation is 1. The van der Waals surface area contributed by atoms with Crippen LogP contribution in [0.25, 0.3) is 10.8 Å². The van der Waals surface area contributed by atoms with E-state index in [9.17, 15) is 9.59 Å². The SMILES string of the molecule is CC(=O)NC1CCN(c2nc(NC(=O)c3ccc4cnccc4c3)ccc2C)CC1. The van der Waals surface area contributed by atoms with E-state index < -0.39 is 0 Å². The number of carbonyl (C=O) groups excluding carboxylic acids is 2. The molecule has 0 aliphatic carbocycles. The Morgan fingerprint density at radius 3 is 2.63 bits per heavy atom. The quantitative estimate of drug-likeness (QED) is 0.698. The Labute approximate surface area is 175 Å². The summed E-state index contributed by atoms with van der Waals surface area (Å²) in [5.41, 5.74) is 1.64. The maximum absolute atomic E-state index is 12.8. The van der Waals surface area contributed by atoms with Crippen LogP contribution < -0.4 is 15.5 Å². The van der Waals surface area contributed by atoms with Crippen LogP contribution in [0, 0.1) is 6.92 Å². The fourth-order valence-electron chi connectivity index (χ4n) is 3.84. The minimum Gasteiger partial charge on any atom is -0.356 e. The minimum absolute atomic E-state index is 0.0115. The van der Waals surface area contributed by atoms with Gasteiger partial charge in [-0.1, -0.05) is 12.1 Å². The van der Waals surface area contributed by atoms with Crippen LogP contribution in [-0.4, -0.2) is 40.9 Å². The monoisotopic (exact) mass is 403 g/mol. The van der Waals surface area contributed by atoms with E-state index in [0.29, 0.717) is 11.4 Å². The molecule has 4 rings (SSSR count). The zero-order valence-electron chi connectivity index (χ0n) is 17.2. The number of nitrogens with zero attached hydrogens (tertiary/aromatic N) is 3. The first kappa shape index (κ1) is 19.8. The predicted octanol–water partition coefficient (Wildman–Crippen LogP) is 3.30. The number of piperidine rings is 1. The standard InChI is InChI=1S/C23H25N5O2/c1-15-3-6-21(26-22(15)28-11-8-20(9-12-28)25-16(2)29)27-23(30)18-4-5-19-14-24-10-7-17(19)13-18/h3-7,10,13-14,20H,8-9,11-12H2,1-2H3,(H,25,29)(H,26,27,30). The number of hydrogen-bond donors (Lipinski definition) is 2. The molecular weight excluding hydrogens is 378 g/mol. The van der Waals surface area contributed by atoms with Crippen LogP contribution in [0.4, 0.5) is 11.6 Å². The third kappa shape index (κ3) is 4.40. The number of benzene rings is 1. The van der Waals surface area contributed by atoms with Gasteiger partial charge in [0.1, 0.15) is 11.6 Å². The summed E-state index contributed by atoms with van der Waals surface area (Å²) in [6.45, 7) is 5.20. The molecule has 1 aromatic carbocycles. The van der Waals surface area contributed by atoms with Crippen molar-refractivity contribution in [3.05, 3.63) is 59.9 Å². The zero-order chi connectivity index (χ0) is 21.1. The van der Waals surface area contributed by atoms with Crippen molar-refractivity contribution in [3.63, 3.8) is 0 Å². The predicted molar refractivity (Wildman–Crippen MR) is 118 cm³/mol. The molecule has 2 amide bonds. The molecule has 0 spiro atoms. The summed E-state index contributed by atoms with van der Waals surface area (Å²) >= 11 is 0. The summed E-state index contributed by atoms with van der Waals surface area (Å²) in [6.07, 6.45) is 5.25. The van der Waals surface area contributed by atoms with Gasteiger partial charge in [-0.25, -0.2) is 4.98 Å². The minimum atomic E-state index is -0.194. The molecule has 7 nitrogen and oxygen atoms in total. The molecule has 30 heavy (non-hydrogen) atoms. The second-order valence-electron chi connectivity index (χ2n) is 7.69. The van der Waals surface area contributed by atoms with Crippen molar-refractivity contribution in [2.75, 3.05) is 23.3 Å². The number of aromatic nitrogens is 2. The Balaban J connectivity index is 1.47. The summed E-state index contributed by atoms with van der Waals surface area (Å²) in [6, 6.07) is 11.4. The first-order valence-corrected chi connectivity index (χ1v) is 10.1. The van der Waals surface area contributed by atoms with Crippen LogP contribution in [0.15, 0.2) is 48.8 Å². The number of hydrogen-bond acceptors (Lipinski definition) is 5. The highest BCUT2D eigenvalue weighted by Crippen LogP contribution is 2.24. The summed E-state index contributed by atoms with van der Waals surface area (Å²) in [5.74, 6) is 1.22. The summed E-state index contributed by atoms with van der Waals surface area (Å²) in [7, 11) is 0. The maximum atomic E-state index is 12.8. The average Bonchev–Trinajstić information content (AvgIpc) is 2.75. The third-order valence-corrected chi connectivity index (χ3v) is 5.42. The molecule has 3 heterocycles. The van der Waals surface area contributed by atoms with E-state index in [1.54, 1.807) is 25.4 Å². The first-order chi connectivity index (χ1) is 14.5. The number of carbonyl (C=O) groups is 2. The Kier molecular flexibility index (Phi) is 5.61. The highest BCUT2D eigenvalue weighted by atomic mass is 16.2. The van der Waals surface area contributed by atoms with Gasteiger partial charge in [-0.3, -0.25) is 14.6 Å². The van der Waals surface area contributed by atoms with Crippen molar-refractivity contribution < 1.29 is 9.59 Å². The topological polar surface area (TPSA) is 87.2 Å². The van der Waals surface area contributed by atoms with Crippen LogP contribution in [0.2, 0.25) is 0 Å². The number of nitrogens with one attached hydrogen (secondary N) is 2. The molecule has 154 valence electrons.